The van der Waals surface area contributed by atoms with Crippen LogP contribution in [-0.4, -0.2) is 130 Å². The third-order valence-electron chi connectivity index (χ3n) is 11.4. The fraction of sp³-hybridized carbons (Fsp3) is 0.889. The molecule has 6 amide bonds. The zero-order chi connectivity index (χ0) is 59.5. The number of hydrogen-bond donors (Lipinski definition) is 6. The van der Waals surface area contributed by atoms with Gasteiger partial charge in [0, 0.05) is 12.5 Å². The molecule has 0 rings (SSSR count). The molecular formula is C54H104N6O15S. The van der Waals surface area contributed by atoms with Gasteiger partial charge in [-0.05, 0) is 163 Å². The first-order valence-corrected chi connectivity index (χ1v) is 28.8. The fourth-order valence-corrected chi connectivity index (χ4v) is 9.52. The van der Waals surface area contributed by atoms with E-state index in [2.05, 4.69) is 26.6 Å². The van der Waals surface area contributed by atoms with E-state index in [1.54, 1.807) is 138 Å². The molecule has 0 aromatic heterocycles. The summed E-state index contributed by atoms with van der Waals surface area (Å²) >= 11 is 0. The van der Waals surface area contributed by atoms with Crippen molar-refractivity contribution in [2.75, 3.05) is 12.3 Å². The van der Waals surface area contributed by atoms with Crippen molar-refractivity contribution in [2.24, 2.45) is 5.92 Å². The zero-order valence-electron chi connectivity index (χ0n) is 50.7. The summed E-state index contributed by atoms with van der Waals surface area (Å²) in [7, 11) is -4.21. The van der Waals surface area contributed by atoms with Crippen LogP contribution in [0.1, 0.15) is 229 Å². The molecule has 0 heterocycles. The van der Waals surface area contributed by atoms with E-state index >= 15 is 4.79 Å². The maximum absolute atomic E-state index is 15.7. The number of unbranched alkanes of at least 4 members (excludes halogenated alkanes) is 4. The molecule has 76 heavy (non-hydrogen) atoms. The van der Waals surface area contributed by atoms with Crippen molar-refractivity contribution in [3.63, 3.8) is 0 Å². The van der Waals surface area contributed by atoms with Crippen LogP contribution in [0.3, 0.4) is 0 Å². The molecule has 22 heteroatoms. The SMILES string of the molecule is CCCC(NC(=O)OC(C)(C)C)C(NC(=O)OC(C)(C)C)(C(CCCCCCCS(=O)(=O)O)CN(C(=O)OC(C)(C)C)C(CCC)(NC(=O)OC(C)(C)C)C(CC)NC(=O)OC(C)(C)C)C(CC)NC(=O)OC(C)(C)C. The molecule has 6 unspecified atom stereocenters. The number of rotatable bonds is 26. The monoisotopic (exact) mass is 1110 g/mol. The summed E-state index contributed by atoms with van der Waals surface area (Å²) < 4.78 is 68.5. The quantitative estimate of drug-likeness (QED) is 0.0203. The van der Waals surface area contributed by atoms with Gasteiger partial charge in [0.15, 0.2) is 0 Å². The molecule has 0 aromatic rings. The highest BCUT2D eigenvalue weighted by atomic mass is 32.2. The maximum atomic E-state index is 15.7. The van der Waals surface area contributed by atoms with Crippen LogP contribution >= 0.6 is 0 Å². The van der Waals surface area contributed by atoms with Crippen molar-refractivity contribution in [2.45, 2.75) is 292 Å². The van der Waals surface area contributed by atoms with Gasteiger partial charge in [-0.25, -0.2) is 28.8 Å². The van der Waals surface area contributed by atoms with E-state index in [-0.39, 0.29) is 38.5 Å². The van der Waals surface area contributed by atoms with Gasteiger partial charge in [0.1, 0.15) is 39.3 Å². The number of nitrogens with one attached hydrogen (secondary N) is 5. The molecule has 0 aliphatic carbocycles. The van der Waals surface area contributed by atoms with Crippen LogP contribution in [0.4, 0.5) is 28.8 Å². The second-order valence-electron chi connectivity index (χ2n) is 25.7. The first-order valence-electron chi connectivity index (χ1n) is 27.2. The predicted molar refractivity (Wildman–Crippen MR) is 295 cm³/mol. The lowest BCUT2D eigenvalue weighted by Gasteiger charge is -2.55. The Morgan fingerprint density at radius 2 is 0.829 bits per heavy atom. The zero-order valence-corrected chi connectivity index (χ0v) is 51.5. The minimum atomic E-state index is -4.21. The first kappa shape index (κ1) is 71.5. The molecule has 0 bridgehead atoms. The van der Waals surface area contributed by atoms with Crippen LogP contribution in [0.25, 0.3) is 0 Å². The number of ether oxygens (including phenoxy) is 6. The summed E-state index contributed by atoms with van der Waals surface area (Å²) in [6, 6.07) is -3.42. The van der Waals surface area contributed by atoms with Crippen LogP contribution in [-0.2, 0) is 38.5 Å². The maximum Gasteiger partial charge on any atom is 0.412 e. The van der Waals surface area contributed by atoms with Gasteiger partial charge < -0.3 is 49.7 Å². The van der Waals surface area contributed by atoms with Gasteiger partial charge in [0.2, 0.25) is 0 Å². The van der Waals surface area contributed by atoms with Gasteiger partial charge in [-0.2, -0.15) is 8.42 Å². The number of carbonyl (C=O) groups is 6. The number of hydrogen-bond acceptors (Lipinski definition) is 14. The van der Waals surface area contributed by atoms with Gasteiger partial charge in [0.05, 0.1) is 29.4 Å². The molecule has 446 valence electrons. The predicted octanol–water partition coefficient (Wildman–Crippen LogP) is 11.7. The largest absolute Gasteiger partial charge is 0.444 e. The molecule has 0 radical (unpaired) electrons. The van der Waals surface area contributed by atoms with Gasteiger partial charge in [-0.3, -0.25) is 14.8 Å². The van der Waals surface area contributed by atoms with E-state index in [0.717, 1.165) is 0 Å². The smallest absolute Gasteiger partial charge is 0.412 e. The number of alkyl carbamates (subject to hydrolysis) is 5. The van der Waals surface area contributed by atoms with E-state index in [0.29, 0.717) is 38.5 Å². The lowest BCUT2D eigenvalue weighted by atomic mass is 9.67. The van der Waals surface area contributed by atoms with Crippen LogP contribution in [0, 0.1) is 5.92 Å². The Bertz CT molecular complexity index is 1960. The molecule has 0 aliphatic heterocycles. The highest BCUT2D eigenvalue weighted by Crippen LogP contribution is 2.39. The third kappa shape index (κ3) is 28.2. The van der Waals surface area contributed by atoms with E-state index in [1.165, 1.54) is 4.90 Å². The van der Waals surface area contributed by atoms with E-state index in [4.69, 9.17) is 28.4 Å². The van der Waals surface area contributed by atoms with Crippen molar-refractivity contribution < 1.29 is 70.2 Å². The standard InChI is InChI=1S/C54H104N6O15S/c1-23-32-40(57-43(63)72-49(11,12)13)54(59-45(65)74-51(17,18)19,39(26-4)56-42(62)71-48(8,9)10)37(33-30-28-27-29-31-35-76(67,68)69)36-60(46(66)75-52(20,21)22)53(34-24-2,58-44(64)73-50(14,15)16)38(25-3)55-41(61)70-47(5,6)7/h37-40H,23-36H2,1-22H3,(H,55,61)(H,56,62)(H,57,63)(H,58,64)(H,59,65)(H,67,68,69). The number of amides is 6. The molecule has 0 spiro atoms. The molecule has 0 aromatic carbocycles. The van der Waals surface area contributed by atoms with Crippen LogP contribution < -0.4 is 26.6 Å². The Hall–Kier alpha value is -4.47. The highest BCUT2D eigenvalue weighted by molar-refractivity contribution is 7.85. The van der Waals surface area contributed by atoms with Crippen molar-refractivity contribution in [1.29, 1.82) is 0 Å². The molecule has 0 aliphatic rings. The molecule has 6 N–H and O–H groups in total. The average molecular weight is 1110 g/mol. The fourth-order valence-electron chi connectivity index (χ4n) is 8.96. The second kappa shape index (κ2) is 29.5. The summed E-state index contributed by atoms with van der Waals surface area (Å²) in [5.74, 6) is -1.50. The lowest BCUT2D eigenvalue weighted by molar-refractivity contribution is -0.0534. The Balaban J connectivity index is 9.65. The van der Waals surface area contributed by atoms with Crippen molar-refractivity contribution in [3.05, 3.63) is 0 Å². The Morgan fingerprint density at radius 1 is 0.461 bits per heavy atom. The van der Waals surface area contributed by atoms with Crippen LogP contribution in [0.15, 0.2) is 0 Å². The molecular weight excluding hydrogens is 1000 g/mol. The number of carbonyl (C=O) groups excluding carboxylic acids is 6. The topological polar surface area (TPSA) is 276 Å². The minimum absolute atomic E-state index is 0.0192. The lowest BCUT2D eigenvalue weighted by Crippen LogP contribution is -2.78. The van der Waals surface area contributed by atoms with E-state index in [9.17, 15) is 36.9 Å². The second-order valence-corrected chi connectivity index (χ2v) is 27.3. The molecule has 6 atom stereocenters. The summed E-state index contributed by atoms with van der Waals surface area (Å²) in [6.45, 7) is 37.2. The van der Waals surface area contributed by atoms with Gasteiger partial charge in [-0.15, -0.1) is 0 Å². The van der Waals surface area contributed by atoms with Crippen LogP contribution in [0.5, 0.6) is 0 Å². The van der Waals surface area contributed by atoms with Crippen molar-refractivity contribution in [3.8, 4) is 0 Å². The molecule has 21 nitrogen and oxygen atoms in total. The minimum Gasteiger partial charge on any atom is -0.444 e. The van der Waals surface area contributed by atoms with E-state index in [1.807, 2.05) is 13.8 Å². The highest BCUT2D eigenvalue weighted by Gasteiger charge is 2.57. The Morgan fingerprint density at radius 3 is 1.21 bits per heavy atom. The first-order chi connectivity index (χ1) is 34.3. The van der Waals surface area contributed by atoms with Crippen LogP contribution in [0.2, 0.25) is 0 Å². The molecule has 0 saturated heterocycles. The van der Waals surface area contributed by atoms with E-state index < -0.39 is 128 Å². The third-order valence-corrected chi connectivity index (χ3v) is 12.2. The molecule has 0 saturated carbocycles. The summed E-state index contributed by atoms with van der Waals surface area (Å²) in [6.07, 6.45) is -2.32. The summed E-state index contributed by atoms with van der Waals surface area (Å²) in [5, 5.41) is 15.3. The Kier molecular flexibility index (Phi) is 27.8. The van der Waals surface area contributed by atoms with Gasteiger partial charge in [0.25, 0.3) is 10.1 Å². The Labute approximate surface area is 457 Å². The van der Waals surface area contributed by atoms with Gasteiger partial charge >= 0.3 is 36.6 Å². The summed E-state index contributed by atoms with van der Waals surface area (Å²) in [4.78, 5) is 89.1. The van der Waals surface area contributed by atoms with Crippen molar-refractivity contribution >= 4 is 46.7 Å². The van der Waals surface area contributed by atoms with Crippen molar-refractivity contribution in [1.82, 2.24) is 31.5 Å². The molecule has 0 fully saturated rings. The summed E-state index contributed by atoms with van der Waals surface area (Å²) in [5.41, 5.74) is -10.0. The van der Waals surface area contributed by atoms with Gasteiger partial charge in [-0.1, -0.05) is 66.2 Å². The average Bonchev–Trinajstić information content (AvgIpc) is 3.17. The normalized spacial score (nSPS) is 15.9. The number of nitrogens with zero attached hydrogens (tertiary/aromatic N) is 1.